The summed E-state index contributed by atoms with van der Waals surface area (Å²) in [5.74, 6) is 0.446. The third kappa shape index (κ3) is 4.08. The van der Waals surface area contributed by atoms with Crippen molar-refractivity contribution < 1.29 is 9.80 Å². The first-order valence-corrected chi connectivity index (χ1v) is 9.84. The number of halogens is 1. The van der Waals surface area contributed by atoms with Gasteiger partial charge in [0.15, 0.2) is 0 Å². The summed E-state index contributed by atoms with van der Waals surface area (Å²) in [5.41, 5.74) is 8.80. The molecule has 0 bridgehead atoms. The van der Waals surface area contributed by atoms with Crippen LogP contribution in [0.3, 0.4) is 0 Å². The van der Waals surface area contributed by atoms with Crippen molar-refractivity contribution in [2.75, 3.05) is 23.7 Å². The van der Waals surface area contributed by atoms with Gasteiger partial charge in [-0.15, -0.1) is 0 Å². The molecule has 4 N–H and O–H groups in total. The summed E-state index contributed by atoms with van der Waals surface area (Å²) in [6.07, 6.45) is 9.79. The number of nitrogens with zero attached hydrogens (tertiary/aromatic N) is 4. The summed E-state index contributed by atoms with van der Waals surface area (Å²) in [6, 6.07) is 8.10. The zero-order chi connectivity index (χ0) is 20.2. The van der Waals surface area contributed by atoms with E-state index in [4.69, 9.17) is 16.1 Å². The average Bonchev–Trinajstić information content (AvgIpc) is 3.04. The zero-order valence-electron chi connectivity index (χ0n) is 16.2. The second-order valence-electron chi connectivity index (χ2n) is 7.21. The van der Waals surface area contributed by atoms with Gasteiger partial charge in [-0.25, -0.2) is 9.37 Å². The number of aromatic nitrogens is 3. The molecule has 3 aromatic rings. The fraction of sp³-hybridized carbons (Fsp3) is 0.273. The van der Waals surface area contributed by atoms with E-state index in [2.05, 4.69) is 14.9 Å². The SMILES string of the molecule is Nc1cnc(-c2cncc(N3CCCCCC3)n2)cc1C(=[NH2+])c1ccccc1F. The van der Waals surface area contributed by atoms with Gasteiger partial charge in [-0.1, -0.05) is 25.0 Å². The smallest absolute Gasteiger partial charge is 0.216 e. The highest BCUT2D eigenvalue weighted by Gasteiger charge is 2.20. The number of nitrogen functional groups attached to an aromatic ring is 1. The van der Waals surface area contributed by atoms with Gasteiger partial charge in [0.2, 0.25) is 5.71 Å². The molecule has 0 spiro atoms. The van der Waals surface area contributed by atoms with Gasteiger partial charge in [0.1, 0.15) is 17.3 Å². The van der Waals surface area contributed by atoms with Crippen LogP contribution in [0.2, 0.25) is 0 Å². The Labute approximate surface area is 169 Å². The van der Waals surface area contributed by atoms with Crippen LogP contribution in [0.5, 0.6) is 0 Å². The Bertz CT molecular complexity index is 1030. The number of anilines is 2. The summed E-state index contributed by atoms with van der Waals surface area (Å²) < 4.78 is 14.2. The van der Waals surface area contributed by atoms with Gasteiger partial charge in [0.25, 0.3) is 0 Å². The largest absolute Gasteiger partial charge is 0.397 e. The zero-order valence-corrected chi connectivity index (χ0v) is 16.2. The van der Waals surface area contributed by atoms with Gasteiger partial charge in [-0.05, 0) is 31.0 Å². The number of pyridine rings is 1. The number of nitrogens with two attached hydrogens (primary N) is 2. The predicted octanol–water partition coefficient (Wildman–Crippen LogP) is 2.24. The molecule has 6 nitrogen and oxygen atoms in total. The first kappa shape index (κ1) is 19.0. The van der Waals surface area contributed by atoms with Crippen molar-refractivity contribution in [1.29, 1.82) is 0 Å². The van der Waals surface area contributed by atoms with Crippen LogP contribution in [0, 0.1) is 5.82 Å². The molecule has 0 unspecified atom stereocenters. The summed E-state index contributed by atoms with van der Waals surface area (Å²) in [4.78, 5) is 15.8. The van der Waals surface area contributed by atoms with Crippen molar-refractivity contribution in [2.45, 2.75) is 25.7 Å². The van der Waals surface area contributed by atoms with Crippen LogP contribution in [0.1, 0.15) is 36.8 Å². The van der Waals surface area contributed by atoms with Crippen molar-refractivity contribution in [1.82, 2.24) is 15.0 Å². The molecular weight excluding hydrogens is 367 g/mol. The predicted molar refractivity (Wildman–Crippen MR) is 112 cm³/mol. The van der Waals surface area contributed by atoms with Crippen LogP contribution in [-0.2, 0) is 0 Å². The molecule has 0 aliphatic carbocycles. The lowest BCUT2D eigenvalue weighted by atomic mass is 10.0. The van der Waals surface area contributed by atoms with E-state index in [9.17, 15) is 4.39 Å². The van der Waals surface area contributed by atoms with E-state index in [0.29, 0.717) is 28.2 Å². The first-order chi connectivity index (χ1) is 14.1. The van der Waals surface area contributed by atoms with E-state index >= 15 is 0 Å². The number of benzene rings is 1. The molecule has 0 atom stereocenters. The van der Waals surface area contributed by atoms with Gasteiger partial charge in [0, 0.05) is 13.1 Å². The lowest BCUT2D eigenvalue weighted by Gasteiger charge is -2.21. The Morgan fingerprint density at radius 3 is 2.48 bits per heavy atom. The average molecular weight is 391 g/mol. The Morgan fingerprint density at radius 2 is 1.72 bits per heavy atom. The van der Waals surface area contributed by atoms with Crippen LogP contribution in [0.25, 0.3) is 11.4 Å². The van der Waals surface area contributed by atoms with Gasteiger partial charge < -0.3 is 10.6 Å². The first-order valence-electron chi connectivity index (χ1n) is 9.84. The minimum absolute atomic E-state index is 0.265. The normalized spacial score (nSPS) is 14.4. The fourth-order valence-electron chi connectivity index (χ4n) is 3.60. The maximum atomic E-state index is 14.2. The molecule has 1 aromatic carbocycles. The highest BCUT2D eigenvalue weighted by atomic mass is 19.1. The molecule has 7 heteroatoms. The molecule has 4 rings (SSSR count). The number of hydrogen-bond donors (Lipinski definition) is 2. The van der Waals surface area contributed by atoms with Crippen LogP contribution >= 0.6 is 0 Å². The van der Waals surface area contributed by atoms with E-state index in [1.54, 1.807) is 36.7 Å². The summed E-state index contributed by atoms with van der Waals surface area (Å²) in [5, 5.41) is 6.25. The topological polar surface area (TPSA) is 93.5 Å². The minimum Gasteiger partial charge on any atom is -0.397 e. The van der Waals surface area contributed by atoms with Gasteiger partial charge in [0.05, 0.1) is 41.1 Å². The lowest BCUT2D eigenvalue weighted by Crippen LogP contribution is -2.42. The molecule has 1 aliphatic heterocycles. The molecule has 0 saturated carbocycles. The summed E-state index contributed by atoms with van der Waals surface area (Å²) in [7, 11) is 0. The van der Waals surface area contributed by atoms with Gasteiger partial charge in [-0.2, -0.15) is 0 Å². The fourth-order valence-corrected chi connectivity index (χ4v) is 3.60. The number of rotatable bonds is 4. The van der Waals surface area contributed by atoms with Gasteiger partial charge in [-0.3, -0.25) is 15.4 Å². The standard InChI is InChI=1S/C22H23FN6/c23-17-8-4-3-7-15(17)22(25)16-11-19(27-12-18(16)24)20-13-26-14-21(28-20)29-9-5-1-2-6-10-29/h3-4,7-8,11-14,25H,1-2,5-6,9-10,24H2/p+1. The van der Waals surface area contributed by atoms with E-state index in [-0.39, 0.29) is 5.71 Å². The molecule has 1 aliphatic rings. The molecule has 29 heavy (non-hydrogen) atoms. The molecule has 3 heterocycles. The Morgan fingerprint density at radius 1 is 0.966 bits per heavy atom. The third-order valence-corrected chi connectivity index (χ3v) is 5.20. The van der Waals surface area contributed by atoms with Crippen LogP contribution in [-0.4, -0.2) is 33.8 Å². The van der Waals surface area contributed by atoms with Crippen molar-refractivity contribution in [2.24, 2.45) is 0 Å². The van der Waals surface area contributed by atoms with E-state index in [1.807, 2.05) is 0 Å². The van der Waals surface area contributed by atoms with Crippen molar-refractivity contribution in [3.05, 3.63) is 65.9 Å². The monoisotopic (exact) mass is 391 g/mol. The molecule has 1 saturated heterocycles. The van der Waals surface area contributed by atoms with Crippen LogP contribution in [0.15, 0.2) is 48.9 Å². The highest BCUT2D eigenvalue weighted by molar-refractivity contribution is 6.12. The molecule has 148 valence electrons. The highest BCUT2D eigenvalue weighted by Crippen LogP contribution is 2.24. The van der Waals surface area contributed by atoms with Gasteiger partial charge >= 0.3 is 0 Å². The Balaban J connectivity index is 1.68. The molecular formula is C22H24FN6+. The summed E-state index contributed by atoms with van der Waals surface area (Å²) >= 11 is 0. The van der Waals surface area contributed by atoms with Crippen molar-refractivity contribution >= 4 is 17.2 Å². The van der Waals surface area contributed by atoms with E-state index in [1.165, 1.54) is 25.1 Å². The Hall–Kier alpha value is -3.35. The van der Waals surface area contributed by atoms with Crippen molar-refractivity contribution in [3.63, 3.8) is 0 Å². The van der Waals surface area contributed by atoms with E-state index in [0.717, 1.165) is 31.7 Å². The van der Waals surface area contributed by atoms with Crippen LogP contribution in [0.4, 0.5) is 15.9 Å². The van der Waals surface area contributed by atoms with Crippen molar-refractivity contribution in [3.8, 4) is 11.4 Å². The maximum absolute atomic E-state index is 14.2. The molecule has 0 amide bonds. The lowest BCUT2D eigenvalue weighted by molar-refractivity contribution is -0.111. The minimum atomic E-state index is -0.397. The second-order valence-corrected chi connectivity index (χ2v) is 7.21. The second kappa shape index (κ2) is 8.34. The van der Waals surface area contributed by atoms with E-state index < -0.39 is 5.82 Å². The molecule has 1 fully saturated rings. The Kier molecular flexibility index (Phi) is 5.46. The molecule has 2 aromatic heterocycles. The third-order valence-electron chi connectivity index (χ3n) is 5.20. The summed E-state index contributed by atoms with van der Waals surface area (Å²) in [6.45, 7) is 1.96. The quantitative estimate of drug-likeness (QED) is 0.665. The maximum Gasteiger partial charge on any atom is 0.216 e. The number of hydrogen-bond acceptors (Lipinski definition) is 5. The van der Waals surface area contributed by atoms with Crippen LogP contribution < -0.4 is 16.0 Å². The molecule has 0 radical (unpaired) electrons.